The van der Waals surface area contributed by atoms with Crippen molar-refractivity contribution in [1.29, 1.82) is 0 Å². The van der Waals surface area contributed by atoms with E-state index in [1.165, 1.54) is 16.9 Å². The van der Waals surface area contributed by atoms with Gasteiger partial charge in [-0.05, 0) is 49.4 Å². The first-order valence-corrected chi connectivity index (χ1v) is 11.4. The molecule has 4 rings (SSSR count). The maximum Gasteiger partial charge on any atom is 0.341 e. The van der Waals surface area contributed by atoms with Crippen LogP contribution in [0, 0.1) is 0 Å². The van der Waals surface area contributed by atoms with Gasteiger partial charge < -0.3 is 14.8 Å². The van der Waals surface area contributed by atoms with Crippen LogP contribution >= 0.6 is 11.3 Å². The SMILES string of the molecule is CCOC(=O)c1c(NC(=O)c2ccccc2OCCc2ccccc2)sc2c1CCC2. The number of hydrogen-bond donors (Lipinski definition) is 1. The van der Waals surface area contributed by atoms with E-state index in [4.69, 9.17) is 9.47 Å². The van der Waals surface area contributed by atoms with E-state index in [2.05, 4.69) is 17.4 Å². The molecule has 0 saturated carbocycles. The Morgan fingerprint density at radius 2 is 1.81 bits per heavy atom. The fourth-order valence-electron chi connectivity index (χ4n) is 3.79. The molecule has 0 saturated heterocycles. The number of carbonyl (C=O) groups excluding carboxylic acids is 2. The molecular formula is C25H25NO4S. The number of anilines is 1. The van der Waals surface area contributed by atoms with Crippen LogP contribution in [0.4, 0.5) is 5.00 Å². The summed E-state index contributed by atoms with van der Waals surface area (Å²) in [5.41, 5.74) is 3.15. The molecule has 0 spiro atoms. The number of aryl methyl sites for hydroxylation is 1. The second kappa shape index (κ2) is 9.79. The Kier molecular flexibility index (Phi) is 6.67. The van der Waals surface area contributed by atoms with Gasteiger partial charge in [0.05, 0.1) is 24.3 Å². The van der Waals surface area contributed by atoms with Crippen molar-refractivity contribution in [2.75, 3.05) is 18.5 Å². The molecule has 0 aliphatic heterocycles. The number of carbonyl (C=O) groups is 2. The molecule has 5 nitrogen and oxygen atoms in total. The fraction of sp³-hybridized carbons (Fsp3) is 0.280. The van der Waals surface area contributed by atoms with E-state index in [0.29, 0.717) is 35.1 Å². The standard InChI is InChI=1S/C25H25NO4S/c1-2-29-25(28)22-19-12-8-14-21(19)31-24(22)26-23(27)18-11-6-7-13-20(18)30-16-15-17-9-4-3-5-10-17/h3-7,9-11,13H,2,8,12,14-16H2,1H3,(H,26,27). The van der Waals surface area contributed by atoms with E-state index in [9.17, 15) is 9.59 Å². The third kappa shape index (κ3) is 4.80. The third-order valence-corrected chi connectivity index (χ3v) is 6.46. The molecule has 31 heavy (non-hydrogen) atoms. The lowest BCUT2D eigenvalue weighted by molar-refractivity contribution is 0.0527. The van der Waals surface area contributed by atoms with Crippen LogP contribution in [-0.4, -0.2) is 25.1 Å². The molecule has 1 heterocycles. The molecule has 1 N–H and O–H groups in total. The maximum atomic E-state index is 13.1. The zero-order valence-electron chi connectivity index (χ0n) is 17.5. The van der Waals surface area contributed by atoms with Gasteiger partial charge in [-0.1, -0.05) is 42.5 Å². The molecule has 6 heteroatoms. The zero-order chi connectivity index (χ0) is 21.6. The number of amides is 1. The Balaban J connectivity index is 1.50. The smallest absolute Gasteiger partial charge is 0.341 e. The highest BCUT2D eigenvalue weighted by Crippen LogP contribution is 2.40. The summed E-state index contributed by atoms with van der Waals surface area (Å²) in [6.45, 7) is 2.55. The average molecular weight is 436 g/mol. The zero-order valence-corrected chi connectivity index (χ0v) is 18.3. The minimum atomic E-state index is -0.371. The van der Waals surface area contributed by atoms with Crippen molar-refractivity contribution in [3.63, 3.8) is 0 Å². The Morgan fingerprint density at radius 3 is 2.61 bits per heavy atom. The van der Waals surface area contributed by atoms with Crippen LogP contribution < -0.4 is 10.1 Å². The van der Waals surface area contributed by atoms with Gasteiger partial charge in [-0.25, -0.2) is 4.79 Å². The predicted octanol–water partition coefficient (Wildman–Crippen LogP) is 5.29. The number of ether oxygens (including phenoxy) is 2. The lowest BCUT2D eigenvalue weighted by atomic mass is 10.1. The predicted molar refractivity (Wildman–Crippen MR) is 122 cm³/mol. The number of thiophene rings is 1. The van der Waals surface area contributed by atoms with E-state index in [1.807, 2.05) is 24.3 Å². The van der Waals surface area contributed by atoms with Gasteiger partial charge in [-0.2, -0.15) is 0 Å². The summed E-state index contributed by atoms with van der Waals surface area (Å²) in [5, 5.41) is 3.51. The second-order valence-corrected chi connectivity index (χ2v) is 8.42. The molecule has 0 bridgehead atoms. The maximum absolute atomic E-state index is 13.1. The first-order valence-electron chi connectivity index (χ1n) is 10.6. The number of fused-ring (bicyclic) bond motifs is 1. The minimum Gasteiger partial charge on any atom is -0.492 e. The molecule has 1 aliphatic rings. The summed E-state index contributed by atoms with van der Waals surface area (Å²) in [5.74, 6) is -0.136. The van der Waals surface area contributed by atoms with Gasteiger partial charge in [0.25, 0.3) is 5.91 Å². The Morgan fingerprint density at radius 1 is 1.03 bits per heavy atom. The van der Waals surface area contributed by atoms with E-state index >= 15 is 0 Å². The van der Waals surface area contributed by atoms with Crippen molar-refractivity contribution in [3.8, 4) is 5.75 Å². The van der Waals surface area contributed by atoms with Crippen molar-refractivity contribution < 1.29 is 19.1 Å². The third-order valence-electron chi connectivity index (χ3n) is 5.25. The summed E-state index contributed by atoms with van der Waals surface area (Å²) >= 11 is 1.47. The van der Waals surface area contributed by atoms with Crippen LogP contribution in [0.3, 0.4) is 0 Å². The normalized spacial score (nSPS) is 12.3. The summed E-state index contributed by atoms with van der Waals surface area (Å²) < 4.78 is 11.2. The van der Waals surface area contributed by atoms with Crippen LogP contribution in [0.25, 0.3) is 0 Å². The van der Waals surface area contributed by atoms with E-state index < -0.39 is 0 Å². The summed E-state index contributed by atoms with van der Waals surface area (Å²) in [6.07, 6.45) is 3.55. The number of esters is 1. The highest BCUT2D eigenvalue weighted by atomic mass is 32.1. The molecule has 0 atom stereocenters. The summed E-state index contributed by atoms with van der Waals surface area (Å²) in [6, 6.07) is 17.3. The number of para-hydroxylation sites is 1. The van der Waals surface area contributed by atoms with Crippen molar-refractivity contribution in [2.24, 2.45) is 0 Å². The van der Waals surface area contributed by atoms with Gasteiger partial charge in [0, 0.05) is 11.3 Å². The summed E-state index contributed by atoms with van der Waals surface area (Å²) in [4.78, 5) is 26.8. The number of rotatable bonds is 8. The van der Waals surface area contributed by atoms with E-state index in [1.54, 1.807) is 25.1 Å². The largest absolute Gasteiger partial charge is 0.492 e. The Bertz CT molecular complexity index is 1070. The van der Waals surface area contributed by atoms with Crippen molar-refractivity contribution in [1.82, 2.24) is 0 Å². The molecule has 0 fully saturated rings. The van der Waals surface area contributed by atoms with Crippen LogP contribution in [-0.2, 0) is 24.0 Å². The first kappa shape index (κ1) is 21.1. The molecule has 1 aliphatic carbocycles. The van der Waals surface area contributed by atoms with Gasteiger partial charge in [0.2, 0.25) is 0 Å². The topological polar surface area (TPSA) is 64.6 Å². The molecule has 3 aromatic rings. The van der Waals surface area contributed by atoms with Gasteiger partial charge in [0.1, 0.15) is 10.8 Å². The van der Waals surface area contributed by atoms with Crippen LogP contribution in [0.2, 0.25) is 0 Å². The van der Waals surface area contributed by atoms with Gasteiger partial charge >= 0.3 is 5.97 Å². The quantitative estimate of drug-likeness (QED) is 0.489. The average Bonchev–Trinajstić information content (AvgIpc) is 3.36. The van der Waals surface area contributed by atoms with Crippen molar-refractivity contribution in [2.45, 2.75) is 32.6 Å². The molecule has 0 radical (unpaired) electrons. The highest BCUT2D eigenvalue weighted by molar-refractivity contribution is 7.17. The van der Waals surface area contributed by atoms with E-state index in [0.717, 1.165) is 36.1 Å². The number of nitrogens with one attached hydrogen (secondary N) is 1. The molecule has 2 aromatic carbocycles. The second-order valence-electron chi connectivity index (χ2n) is 7.32. The first-order chi connectivity index (χ1) is 15.2. The van der Waals surface area contributed by atoms with Crippen molar-refractivity contribution >= 4 is 28.2 Å². The molecule has 0 unspecified atom stereocenters. The lowest BCUT2D eigenvalue weighted by Gasteiger charge is -2.12. The van der Waals surface area contributed by atoms with Crippen LogP contribution in [0.5, 0.6) is 5.75 Å². The highest BCUT2D eigenvalue weighted by Gasteiger charge is 2.28. The van der Waals surface area contributed by atoms with Crippen molar-refractivity contribution in [3.05, 3.63) is 81.7 Å². The Labute approximate surface area is 186 Å². The van der Waals surface area contributed by atoms with Gasteiger partial charge in [-0.15, -0.1) is 11.3 Å². The number of benzene rings is 2. The molecule has 1 aromatic heterocycles. The van der Waals surface area contributed by atoms with Gasteiger partial charge in [-0.3, -0.25) is 4.79 Å². The number of hydrogen-bond acceptors (Lipinski definition) is 5. The molecule has 1 amide bonds. The fourth-order valence-corrected chi connectivity index (χ4v) is 5.06. The lowest BCUT2D eigenvalue weighted by Crippen LogP contribution is -2.16. The van der Waals surface area contributed by atoms with Crippen LogP contribution in [0.15, 0.2) is 54.6 Å². The monoisotopic (exact) mass is 435 g/mol. The minimum absolute atomic E-state index is 0.291. The summed E-state index contributed by atoms with van der Waals surface area (Å²) in [7, 11) is 0. The molecule has 160 valence electrons. The molecular weight excluding hydrogens is 410 g/mol. The Hall–Kier alpha value is -3.12. The van der Waals surface area contributed by atoms with Gasteiger partial charge in [0.15, 0.2) is 0 Å². The van der Waals surface area contributed by atoms with Crippen LogP contribution in [0.1, 0.15) is 50.1 Å². The van der Waals surface area contributed by atoms with E-state index in [-0.39, 0.29) is 11.9 Å².